The Hall–Kier alpha value is -2.20. The molecule has 2 aromatic heterocycles. The third-order valence-corrected chi connectivity index (χ3v) is 3.86. The second-order valence-electron chi connectivity index (χ2n) is 4.61. The summed E-state index contributed by atoms with van der Waals surface area (Å²) in [5, 5.41) is 6.85. The zero-order valence-corrected chi connectivity index (χ0v) is 12.1. The fourth-order valence-corrected chi connectivity index (χ4v) is 2.59. The molecule has 0 atom stereocenters. The summed E-state index contributed by atoms with van der Waals surface area (Å²) in [5.41, 5.74) is 1.90. The van der Waals surface area contributed by atoms with Crippen LogP contribution in [0.25, 0.3) is 27.8 Å². The van der Waals surface area contributed by atoms with E-state index in [4.69, 9.17) is 0 Å². The van der Waals surface area contributed by atoms with Crippen molar-refractivity contribution in [3.63, 3.8) is 0 Å². The van der Waals surface area contributed by atoms with Gasteiger partial charge in [-0.15, -0.1) is 5.10 Å². The highest BCUT2D eigenvalue weighted by Gasteiger charge is 2.08. The Morgan fingerprint density at radius 3 is 2.55 bits per heavy atom. The maximum Gasteiger partial charge on any atom is 0.182 e. The third kappa shape index (κ3) is 1.80. The molecule has 4 rings (SSSR count). The molecule has 0 unspecified atom stereocenters. The largest absolute Gasteiger partial charge is 0.220 e. The normalized spacial score (nSPS) is 11.2. The van der Waals surface area contributed by atoms with Gasteiger partial charge in [-0.25, -0.2) is 9.50 Å². The van der Waals surface area contributed by atoms with Crippen LogP contribution >= 0.6 is 15.9 Å². The molecule has 20 heavy (non-hydrogen) atoms. The number of aromatic nitrogens is 3. The number of pyridine rings is 1. The Bertz CT molecular complexity index is 910. The first-order chi connectivity index (χ1) is 9.81. The van der Waals surface area contributed by atoms with Gasteiger partial charge >= 0.3 is 0 Å². The van der Waals surface area contributed by atoms with Gasteiger partial charge in [0.1, 0.15) is 0 Å². The van der Waals surface area contributed by atoms with Gasteiger partial charge in [-0.1, -0.05) is 52.3 Å². The Labute approximate surface area is 124 Å². The third-order valence-electron chi connectivity index (χ3n) is 3.33. The van der Waals surface area contributed by atoms with E-state index in [9.17, 15) is 0 Å². The van der Waals surface area contributed by atoms with Gasteiger partial charge in [0.25, 0.3) is 0 Å². The maximum absolute atomic E-state index is 4.68. The molecule has 0 spiro atoms. The van der Waals surface area contributed by atoms with Crippen LogP contribution in [0.15, 0.2) is 65.3 Å². The van der Waals surface area contributed by atoms with Crippen LogP contribution in [-0.4, -0.2) is 14.6 Å². The zero-order chi connectivity index (χ0) is 13.5. The highest BCUT2D eigenvalue weighted by molar-refractivity contribution is 9.10. The number of rotatable bonds is 1. The number of hydrogen-bond acceptors (Lipinski definition) is 2. The van der Waals surface area contributed by atoms with E-state index in [-0.39, 0.29) is 0 Å². The van der Waals surface area contributed by atoms with Crippen molar-refractivity contribution in [2.24, 2.45) is 0 Å². The van der Waals surface area contributed by atoms with Gasteiger partial charge in [0.2, 0.25) is 0 Å². The molecule has 0 aliphatic heterocycles. The summed E-state index contributed by atoms with van der Waals surface area (Å²) in [6.07, 6.45) is 1.95. The summed E-state index contributed by atoms with van der Waals surface area (Å²) in [6, 6.07) is 18.3. The van der Waals surface area contributed by atoms with Crippen molar-refractivity contribution < 1.29 is 0 Å². The van der Waals surface area contributed by atoms with Crippen molar-refractivity contribution in [1.82, 2.24) is 14.6 Å². The molecule has 4 heteroatoms. The molecule has 0 aliphatic rings. The van der Waals surface area contributed by atoms with E-state index in [1.807, 2.05) is 47.1 Å². The van der Waals surface area contributed by atoms with Gasteiger partial charge in [0.05, 0.1) is 0 Å². The van der Waals surface area contributed by atoms with E-state index in [0.717, 1.165) is 26.9 Å². The smallest absolute Gasteiger partial charge is 0.182 e. The van der Waals surface area contributed by atoms with Crippen LogP contribution in [-0.2, 0) is 0 Å². The number of benzene rings is 2. The van der Waals surface area contributed by atoms with E-state index < -0.39 is 0 Å². The summed E-state index contributed by atoms with van der Waals surface area (Å²) in [5.74, 6) is 0.744. The first-order valence-electron chi connectivity index (χ1n) is 6.31. The van der Waals surface area contributed by atoms with E-state index in [2.05, 4.69) is 44.2 Å². The summed E-state index contributed by atoms with van der Waals surface area (Å²) < 4.78 is 2.88. The van der Waals surface area contributed by atoms with E-state index in [0.29, 0.717) is 0 Å². The number of fused-ring (bicyclic) bond motifs is 3. The lowest BCUT2D eigenvalue weighted by Crippen LogP contribution is -1.87. The number of nitrogens with zero attached hydrogens (tertiary/aromatic N) is 3. The van der Waals surface area contributed by atoms with Gasteiger partial charge in [-0.05, 0) is 23.6 Å². The molecular weight excluding hydrogens is 314 g/mol. The lowest BCUT2D eigenvalue weighted by Gasteiger charge is -1.97. The molecule has 0 fully saturated rings. The Kier molecular flexibility index (Phi) is 2.57. The zero-order valence-electron chi connectivity index (χ0n) is 10.5. The van der Waals surface area contributed by atoms with Crippen molar-refractivity contribution in [2.75, 3.05) is 0 Å². The van der Waals surface area contributed by atoms with E-state index in [1.165, 1.54) is 5.39 Å². The minimum Gasteiger partial charge on any atom is -0.220 e. The van der Waals surface area contributed by atoms with Gasteiger partial charge in [0, 0.05) is 21.6 Å². The minimum atomic E-state index is 0.744. The average Bonchev–Trinajstić information content (AvgIpc) is 2.92. The summed E-state index contributed by atoms with van der Waals surface area (Å²) in [4.78, 5) is 4.68. The summed E-state index contributed by atoms with van der Waals surface area (Å²) in [6.45, 7) is 0. The second kappa shape index (κ2) is 4.42. The summed E-state index contributed by atoms with van der Waals surface area (Å²) >= 11 is 3.44. The van der Waals surface area contributed by atoms with Gasteiger partial charge in [-0.3, -0.25) is 0 Å². The second-order valence-corrected chi connectivity index (χ2v) is 5.53. The molecule has 96 valence electrons. The Balaban J connectivity index is 1.98. The molecule has 0 amide bonds. The van der Waals surface area contributed by atoms with Gasteiger partial charge in [-0.2, -0.15) is 0 Å². The van der Waals surface area contributed by atoms with E-state index in [1.54, 1.807) is 0 Å². The van der Waals surface area contributed by atoms with Crippen LogP contribution in [0.3, 0.4) is 0 Å². The predicted octanol–water partition coefficient (Wildman–Crippen LogP) is 4.31. The molecule has 0 saturated heterocycles. The molecule has 0 bridgehead atoms. The van der Waals surface area contributed by atoms with Crippen molar-refractivity contribution in [3.8, 4) is 11.4 Å². The lowest BCUT2D eigenvalue weighted by atomic mass is 10.2. The Morgan fingerprint density at radius 2 is 1.70 bits per heavy atom. The molecular formula is C16H10BrN3. The standard InChI is InChI=1S/C16H10BrN3/c17-13-7-5-12(6-8-13)15-18-16-14-4-2-1-3-11(14)9-10-20(16)19-15/h1-10H. The minimum absolute atomic E-state index is 0.744. The van der Waals surface area contributed by atoms with E-state index >= 15 is 0 Å². The van der Waals surface area contributed by atoms with Crippen LogP contribution in [0, 0.1) is 0 Å². The van der Waals surface area contributed by atoms with Gasteiger partial charge in [0.15, 0.2) is 11.5 Å². The fraction of sp³-hybridized carbons (Fsp3) is 0. The Morgan fingerprint density at radius 1 is 0.900 bits per heavy atom. The fourth-order valence-electron chi connectivity index (χ4n) is 2.33. The van der Waals surface area contributed by atoms with Crippen LogP contribution < -0.4 is 0 Å². The lowest BCUT2D eigenvalue weighted by molar-refractivity contribution is 0.971. The van der Waals surface area contributed by atoms with Crippen LogP contribution in [0.4, 0.5) is 0 Å². The molecule has 3 nitrogen and oxygen atoms in total. The van der Waals surface area contributed by atoms with Crippen molar-refractivity contribution in [3.05, 3.63) is 65.3 Å². The molecule has 0 N–H and O–H groups in total. The number of hydrogen-bond donors (Lipinski definition) is 0. The van der Waals surface area contributed by atoms with Crippen LogP contribution in [0.2, 0.25) is 0 Å². The van der Waals surface area contributed by atoms with Crippen LogP contribution in [0.5, 0.6) is 0 Å². The highest BCUT2D eigenvalue weighted by atomic mass is 79.9. The molecule has 4 aromatic rings. The molecule has 0 saturated carbocycles. The van der Waals surface area contributed by atoms with Crippen molar-refractivity contribution >= 4 is 32.3 Å². The predicted molar refractivity (Wildman–Crippen MR) is 83.6 cm³/mol. The topological polar surface area (TPSA) is 30.2 Å². The SMILES string of the molecule is Brc1ccc(-c2nc3c4ccccc4ccn3n2)cc1. The quantitative estimate of drug-likeness (QED) is 0.522. The van der Waals surface area contributed by atoms with Crippen LogP contribution in [0.1, 0.15) is 0 Å². The maximum atomic E-state index is 4.68. The van der Waals surface area contributed by atoms with Gasteiger partial charge < -0.3 is 0 Å². The first-order valence-corrected chi connectivity index (χ1v) is 7.11. The number of halogens is 1. The molecule has 2 heterocycles. The average molecular weight is 324 g/mol. The van der Waals surface area contributed by atoms with Crippen molar-refractivity contribution in [1.29, 1.82) is 0 Å². The molecule has 2 aromatic carbocycles. The molecule has 0 aliphatic carbocycles. The first kappa shape index (κ1) is 11.6. The van der Waals surface area contributed by atoms with Crippen molar-refractivity contribution in [2.45, 2.75) is 0 Å². The molecule has 0 radical (unpaired) electrons. The summed E-state index contributed by atoms with van der Waals surface area (Å²) in [7, 11) is 0. The monoisotopic (exact) mass is 323 g/mol. The highest BCUT2D eigenvalue weighted by Crippen LogP contribution is 2.23.